The summed E-state index contributed by atoms with van der Waals surface area (Å²) in [5.41, 5.74) is 5.16. The lowest BCUT2D eigenvalue weighted by Gasteiger charge is -2.31. The second-order valence-corrected chi connectivity index (χ2v) is 15.1. The van der Waals surface area contributed by atoms with Crippen molar-refractivity contribution in [1.29, 1.82) is 0 Å². The van der Waals surface area contributed by atoms with E-state index < -0.39 is 31.5 Å². The van der Waals surface area contributed by atoms with Crippen molar-refractivity contribution in [3.63, 3.8) is 0 Å². The van der Waals surface area contributed by atoms with Crippen molar-refractivity contribution in [3.8, 4) is 11.5 Å². The molecule has 0 radical (unpaired) electrons. The summed E-state index contributed by atoms with van der Waals surface area (Å²) in [6.07, 6.45) is 1.70. The Morgan fingerprint density at radius 2 is 1.31 bits per heavy atom. The fourth-order valence-electron chi connectivity index (χ4n) is 4.96. The maximum Gasteiger partial charge on any atom is 0.323 e. The van der Waals surface area contributed by atoms with E-state index in [2.05, 4.69) is 24.0 Å². The zero-order valence-electron chi connectivity index (χ0n) is 28.9. The molecule has 9 nitrogen and oxygen atoms in total. The molecule has 0 bridgehead atoms. The van der Waals surface area contributed by atoms with Gasteiger partial charge >= 0.3 is 11.9 Å². The van der Waals surface area contributed by atoms with Gasteiger partial charge in [0, 0.05) is 0 Å². The van der Waals surface area contributed by atoms with Crippen LogP contribution < -0.4 is 14.9 Å². The summed E-state index contributed by atoms with van der Waals surface area (Å²) < 4.78 is 31.5. The van der Waals surface area contributed by atoms with Crippen LogP contribution in [0.3, 0.4) is 0 Å². The lowest BCUT2D eigenvalue weighted by Crippen LogP contribution is -2.48. The van der Waals surface area contributed by atoms with Gasteiger partial charge < -0.3 is 19.3 Å². The molecule has 0 amide bonds. The van der Waals surface area contributed by atoms with Crippen molar-refractivity contribution in [2.45, 2.75) is 107 Å². The van der Waals surface area contributed by atoms with Gasteiger partial charge in [0.2, 0.25) is 7.44 Å². The van der Waals surface area contributed by atoms with Crippen molar-refractivity contribution in [1.82, 2.24) is 10.2 Å². The number of rotatable bonds is 18. The number of aryl methyl sites for hydroxylation is 2. The third-order valence-corrected chi connectivity index (χ3v) is 9.49. The van der Waals surface area contributed by atoms with Gasteiger partial charge in [-0.15, -0.1) is 0 Å². The fourth-order valence-corrected chi connectivity index (χ4v) is 7.22. The summed E-state index contributed by atoms with van der Waals surface area (Å²) in [5.74, 6) is -0.468. The van der Waals surface area contributed by atoms with Gasteiger partial charge in [-0.25, -0.2) is 10.2 Å². The summed E-state index contributed by atoms with van der Waals surface area (Å²) in [7, 11) is -3.74. The molecule has 0 heterocycles. The predicted molar refractivity (Wildman–Crippen MR) is 180 cm³/mol. The lowest BCUT2D eigenvalue weighted by molar-refractivity contribution is -0.147. The number of hydrogen-bond acceptors (Lipinski definition) is 7. The molecule has 0 aliphatic heterocycles. The van der Waals surface area contributed by atoms with Gasteiger partial charge in [0.05, 0.1) is 13.2 Å². The SMILES string of the molecule is CCCOC(=O)C(NP(=O)(COc1cc(C)c(Cc2ccc(O)c(C(C)C)c2)c(C)c1)N[C@H](C(=O)OCCC)C(C)C)C(C)C. The van der Waals surface area contributed by atoms with Crippen LogP contribution in [0.4, 0.5) is 0 Å². The Morgan fingerprint density at radius 3 is 1.73 bits per heavy atom. The van der Waals surface area contributed by atoms with Crippen molar-refractivity contribution in [3.05, 3.63) is 58.1 Å². The van der Waals surface area contributed by atoms with Crippen LogP contribution in [-0.2, 0) is 30.0 Å². The number of carbonyl (C=O) groups excluding carboxylic acids is 2. The van der Waals surface area contributed by atoms with E-state index in [0.29, 0.717) is 30.8 Å². The molecule has 2 unspecified atom stereocenters. The van der Waals surface area contributed by atoms with E-state index in [1.54, 1.807) is 6.07 Å². The van der Waals surface area contributed by atoms with E-state index in [1.165, 1.54) is 0 Å². The molecule has 45 heavy (non-hydrogen) atoms. The van der Waals surface area contributed by atoms with Crippen LogP contribution in [0.15, 0.2) is 30.3 Å². The van der Waals surface area contributed by atoms with E-state index in [-0.39, 0.29) is 37.3 Å². The molecule has 2 rings (SSSR count). The molecule has 0 saturated heterocycles. The number of esters is 2. The van der Waals surface area contributed by atoms with Crippen LogP contribution in [0, 0.1) is 25.7 Å². The molecule has 0 aliphatic rings. The molecule has 3 N–H and O–H groups in total. The van der Waals surface area contributed by atoms with Crippen LogP contribution in [-0.4, -0.2) is 48.7 Å². The third kappa shape index (κ3) is 11.5. The number of nitrogens with one attached hydrogen (secondary N) is 2. The Bertz CT molecular complexity index is 1260. The highest BCUT2D eigenvalue weighted by Gasteiger charge is 2.38. The molecular formula is C35H55N2O7P. The second-order valence-electron chi connectivity index (χ2n) is 12.8. The topological polar surface area (TPSA) is 123 Å². The molecule has 10 heteroatoms. The van der Waals surface area contributed by atoms with Crippen LogP contribution in [0.2, 0.25) is 0 Å². The highest BCUT2D eigenvalue weighted by atomic mass is 31.2. The van der Waals surface area contributed by atoms with Gasteiger partial charge in [-0.1, -0.05) is 67.5 Å². The molecule has 2 aromatic carbocycles. The quantitative estimate of drug-likeness (QED) is 0.112. The molecule has 0 aliphatic carbocycles. The highest BCUT2D eigenvalue weighted by Crippen LogP contribution is 2.40. The van der Waals surface area contributed by atoms with E-state index in [0.717, 1.165) is 27.8 Å². The zero-order valence-corrected chi connectivity index (χ0v) is 29.8. The minimum Gasteiger partial charge on any atom is -0.508 e. The molecular weight excluding hydrogens is 591 g/mol. The van der Waals surface area contributed by atoms with Crippen LogP contribution in [0.25, 0.3) is 0 Å². The van der Waals surface area contributed by atoms with Crippen LogP contribution in [0.5, 0.6) is 11.5 Å². The van der Waals surface area contributed by atoms with Gasteiger partial charge in [0.25, 0.3) is 0 Å². The summed E-state index contributed by atoms with van der Waals surface area (Å²) in [6, 6.07) is 7.77. The average molecular weight is 647 g/mol. The number of carbonyl (C=O) groups is 2. The second kappa shape index (κ2) is 17.7. The number of ether oxygens (including phenoxy) is 3. The third-order valence-electron chi connectivity index (χ3n) is 7.61. The molecule has 252 valence electrons. The smallest absolute Gasteiger partial charge is 0.323 e. The molecule has 0 fully saturated rings. The first-order valence-electron chi connectivity index (χ1n) is 16.1. The Balaban J connectivity index is 2.39. The first-order valence-corrected chi connectivity index (χ1v) is 18.0. The first-order chi connectivity index (χ1) is 21.1. The average Bonchev–Trinajstić information content (AvgIpc) is 2.97. The molecule has 0 aromatic heterocycles. The number of phenols is 1. The Morgan fingerprint density at radius 1 is 0.822 bits per heavy atom. The maximum absolute atomic E-state index is 14.6. The van der Waals surface area contributed by atoms with E-state index >= 15 is 0 Å². The Hall–Kier alpha value is -2.87. The fraction of sp³-hybridized carbons (Fsp3) is 0.600. The first kappa shape index (κ1) is 38.3. The van der Waals surface area contributed by atoms with Crippen molar-refractivity contribution < 1.29 is 33.5 Å². The zero-order chi connectivity index (χ0) is 33.9. The van der Waals surface area contributed by atoms with Gasteiger partial charge in [0.1, 0.15) is 23.6 Å². The van der Waals surface area contributed by atoms with Crippen molar-refractivity contribution in [2.75, 3.05) is 19.6 Å². The monoisotopic (exact) mass is 646 g/mol. The van der Waals surface area contributed by atoms with Gasteiger partial charge in [-0.3, -0.25) is 14.2 Å². The van der Waals surface area contributed by atoms with E-state index in [4.69, 9.17) is 14.2 Å². The lowest BCUT2D eigenvalue weighted by atomic mass is 9.93. The van der Waals surface area contributed by atoms with Crippen LogP contribution >= 0.6 is 7.44 Å². The predicted octanol–water partition coefficient (Wildman–Crippen LogP) is 7.39. The summed E-state index contributed by atoms with van der Waals surface area (Å²) in [5, 5.41) is 16.3. The van der Waals surface area contributed by atoms with Crippen molar-refractivity contribution >= 4 is 19.4 Å². The largest absolute Gasteiger partial charge is 0.508 e. The Kier molecular flexibility index (Phi) is 15.1. The van der Waals surface area contributed by atoms with E-state index in [1.807, 2.05) is 79.7 Å². The number of aromatic hydroxyl groups is 1. The molecule has 0 spiro atoms. The minimum absolute atomic E-state index is 0.202. The molecule has 0 saturated carbocycles. The number of phenolic OH excluding ortho intramolecular Hbond substituents is 1. The standard InChI is InChI=1S/C35H55N2O7P/c1-11-15-42-34(39)32(23(5)6)36-45(41,37-33(24(7)8)35(40)43-16-12-2)21-44-28-17-25(9)30(26(10)18-28)20-27-13-14-31(38)29(19-27)22(3)4/h13-14,17-19,22-24,32-33,38H,11-12,15-16,20-21H2,1-10H3,(H2,36,37,41)/t32-,33?,45?/m0/s1. The van der Waals surface area contributed by atoms with E-state index in [9.17, 15) is 19.3 Å². The Labute approximate surface area is 270 Å². The van der Waals surface area contributed by atoms with Crippen molar-refractivity contribution in [2.24, 2.45) is 11.8 Å². The van der Waals surface area contributed by atoms with Gasteiger partial charge in [0.15, 0.2) is 6.35 Å². The molecule has 3 atom stereocenters. The molecule has 2 aromatic rings. The maximum atomic E-state index is 14.6. The minimum atomic E-state index is -3.74. The summed E-state index contributed by atoms with van der Waals surface area (Å²) >= 11 is 0. The van der Waals surface area contributed by atoms with Gasteiger partial charge in [-0.05, 0) is 96.9 Å². The number of hydrogen-bond donors (Lipinski definition) is 3. The summed E-state index contributed by atoms with van der Waals surface area (Å²) in [4.78, 5) is 25.9. The number of benzene rings is 2. The summed E-state index contributed by atoms with van der Waals surface area (Å²) in [6.45, 7) is 19.8. The highest BCUT2D eigenvalue weighted by molar-refractivity contribution is 7.59. The van der Waals surface area contributed by atoms with Crippen LogP contribution in [0.1, 0.15) is 102 Å². The van der Waals surface area contributed by atoms with Gasteiger partial charge in [-0.2, -0.15) is 0 Å². The normalized spacial score (nSPS) is 14.3.